The zero-order chi connectivity index (χ0) is 16.8. The molecule has 0 radical (unpaired) electrons. The van der Waals surface area contributed by atoms with Gasteiger partial charge in [0.15, 0.2) is 6.61 Å². The molecule has 0 saturated heterocycles. The molecule has 0 aromatic rings. The SMILES string of the molecule is CC.CC(C)CC(C)(C(=O)OCC(F)(F)F)C(C)(C)C. The van der Waals surface area contributed by atoms with E-state index in [1.54, 1.807) is 6.92 Å². The summed E-state index contributed by atoms with van der Waals surface area (Å²) in [6.45, 7) is 13.5. The summed E-state index contributed by atoms with van der Waals surface area (Å²) in [5, 5.41) is 0. The molecule has 0 aliphatic carbocycles. The highest BCUT2D eigenvalue weighted by molar-refractivity contribution is 5.77. The Hall–Kier alpha value is -0.740. The Morgan fingerprint density at radius 2 is 1.45 bits per heavy atom. The summed E-state index contributed by atoms with van der Waals surface area (Å²) in [6, 6.07) is 0. The summed E-state index contributed by atoms with van der Waals surface area (Å²) < 4.78 is 40.7. The van der Waals surface area contributed by atoms with Gasteiger partial charge in [0.1, 0.15) is 0 Å². The minimum Gasteiger partial charge on any atom is -0.456 e. The summed E-state index contributed by atoms with van der Waals surface area (Å²) in [6.07, 6.45) is -3.99. The van der Waals surface area contributed by atoms with Gasteiger partial charge in [0, 0.05) is 0 Å². The number of esters is 1. The quantitative estimate of drug-likeness (QED) is 0.665. The van der Waals surface area contributed by atoms with E-state index in [1.165, 1.54) is 0 Å². The second kappa shape index (κ2) is 7.89. The number of carbonyl (C=O) groups is 1. The van der Waals surface area contributed by atoms with Crippen LogP contribution in [-0.2, 0) is 9.53 Å². The van der Waals surface area contributed by atoms with Crippen LogP contribution in [-0.4, -0.2) is 18.8 Å². The predicted molar refractivity (Wildman–Crippen MR) is 75.4 cm³/mol. The van der Waals surface area contributed by atoms with Gasteiger partial charge in [-0.2, -0.15) is 13.2 Å². The van der Waals surface area contributed by atoms with Crippen LogP contribution in [0, 0.1) is 16.7 Å². The van der Waals surface area contributed by atoms with E-state index in [0.717, 1.165) is 0 Å². The highest BCUT2D eigenvalue weighted by Gasteiger charge is 2.46. The van der Waals surface area contributed by atoms with Gasteiger partial charge in [0.2, 0.25) is 0 Å². The van der Waals surface area contributed by atoms with Crippen LogP contribution in [0.25, 0.3) is 0 Å². The molecule has 0 fully saturated rings. The van der Waals surface area contributed by atoms with E-state index in [1.807, 2.05) is 48.5 Å². The van der Waals surface area contributed by atoms with Gasteiger partial charge in [-0.15, -0.1) is 0 Å². The van der Waals surface area contributed by atoms with Crippen molar-refractivity contribution in [3.8, 4) is 0 Å². The van der Waals surface area contributed by atoms with Gasteiger partial charge in [-0.05, 0) is 24.7 Å². The van der Waals surface area contributed by atoms with Gasteiger partial charge in [0.05, 0.1) is 5.41 Å². The van der Waals surface area contributed by atoms with Crippen LogP contribution < -0.4 is 0 Å². The molecule has 20 heavy (non-hydrogen) atoms. The summed E-state index contributed by atoms with van der Waals surface area (Å²) >= 11 is 0. The van der Waals surface area contributed by atoms with Crippen molar-refractivity contribution >= 4 is 5.97 Å². The van der Waals surface area contributed by atoms with Crippen molar-refractivity contribution < 1.29 is 22.7 Å². The van der Waals surface area contributed by atoms with Gasteiger partial charge in [-0.25, -0.2) is 0 Å². The Bertz CT molecular complexity index is 290. The molecule has 0 rings (SSSR count). The molecular weight excluding hydrogens is 269 g/mol. The first-order valence-corrected chi connectivity index (χ1v) is 7.03. The zero-order valence-corrected chi connectivity index (χ0v) is 13.9. The molecule has 0 heterocycles. The molecule has 122 valence electrons. The van der Waals surface area contributed by atoms with E-state index < -0.39 is 29.6 Å². The van der Waals surface area contributed by atoms with Gasteiger partial charge >= 0.3 is 12.1 Å². The van der Waals surface area contributed by atoms with E-state index in [0.29, 0.717) is 6.42 Å². The van der Waals surface area contributed by atoms with Gasteiger partial charge < -0.3 is 4.74 Å². The lowest BCUT2D eigenvalue weighted by Gasteiger charge is -2.40. The topological polar surface area (TPSA) is 26.3 Å². The van der Waals surface area contributed by atoms with Crippen molar-refractivity contribution in [1.82, 2.24) is 0 Å². The highest BCUT2D eigenvalue weighted by Crippen LogP contribution is 2.44. The lowest BCUT2D eigenvalue weighted by Crippen LogP contribution is -2.43. The second-order valence-electron chi connectivity index (χ2n) is 6.37. The van der Waals surface area contributed by atoms with E-state index >= 15 is 0 Å². The molecular formula is C15H29F3O2. The van der Waals surface area contributed by atoms with Gasteiger partial charge in [-0.3, -0.25) is 4.79 Å². The number of hydrogen-bond donors (Lipinski definition) is 0. The number of alkyl halides is 3. The van der Waals surface area contributed by atoms with Crippen LogP contribution in [0.4, 0.5) is 13.2 Å². The third kappa shape index (κ3) is 7.15. The molecule has 0 aliphatic rings. The van der Waals surface area contributed by atoms with Crippen LogP contribution in [0.5, 0.6) is 0 Å². The standard InChI is InChI=1S/C13H23F3O2.C2H6/c1-9(2)7-12(6,11(3,4)5)10(17)18-8-13(14,15)16;1-2/h9H,7-8H2,1-6H3;1-2H3. The molecule has 0 aromatic heterocycles. The zero-order valence-electron chi connectivity index (χ0n) is 13.9. The minimum atomic E-state index is -4.48. The average molecular weight is 298 g/mol. The molecule has 2 nitrogen and oxygen atoms in total. The summed E-state index contributed by atoms with van der Waals surface area (Å²) in [4.78, 5) is 12.0. The fourth-order valence-electron chi connectivity index (χ4n) is 1.82. The molecule has 0 bridgehead atoms. The van der Waals surface area contributed by atoms with Crippen molar-refractivity contribution in [2.75, 3.05) is 6.61 Å². The van der Waals surface area contributed by atoms with Gasteiger partial charge in [0.25, 0.3) is 0 Å². The largest absolute Gasteiger partial charge is 0.456 e. The molecule has 0 aliphatic heterocycles. The Morgan fingerprint density at radius 3 is 1.70 bits per heavy atom. The third-order valence-electron chi connectivity index (χ3n) is 3.29. The number of hydrogen-bond acceptors (Lipinski definition) is 2. The van der Waals surface area contributed by atoms with Crippen LogP contribution in [0.2, 0.25) is 0 Å². The lowest BCUT2D eigenvalue weighted by molar-refractivity contribution is -0.198. The first-order valence-electron chi connectivity index (χ1n) is 7.03. The average Bonchev–Trinajstić information content (AvgIpc) is 2.25. The van der Waals surface area contributed by atoms with E-state index in [2.05, 4.69) is 4.74 Å². The maximum absolute atomic E-state index is 12.1. The maximum atomic E-state index is 12.1. The molecule has 1 atom stereocenters. The number of halogens is 3. The summed E-state index contributed by atoms with van der Waals surface area (Å²) in [5.74, 6) is -0.575. The first kappa shape index (κ1) is 21.6. The Kier molecular flexibility index (Phi) is 8.50. The minimum absolute atomic E-state index is 0.202. The van der Waals surface area contributed by atoms with Crippen molar-refractivity contribution in [3.05, 3.63) is 0 Å². The Morgan fingerprint density at radius 1 is 1.05 bits per heavy atom. The Labute approximate surface area is 121 Å². The van der Waals surface area contributed by atoms with Crippen LogP contribution in [0.1, 0.15) is 61.8 Å². The highest BCUT2D eigenvalue weighted by atomic mass is 19.4. The molecule has 1 unspecified atom stereocenters. The smallest absolute Gasteiger partial charge is 0.422 e. The number of carbonyl (C=O) groups excluding carboxylic acids is 1. The van der Waals surface area contributed by atoms with E-state index in [-0.39, 0.29) is 5.92 Å². The summed E-state index contributed by atoms with van der Waals surface area (Å²) in [5.41, 5.74) is -1.38. The molecule has 5 heteroatoms. The van der Waals surface area contributed by atoms with Crippen molar-refractivity contribution in [2.45, 2.75) is 68.0 Å². The van der Waals surface area contributed by atoms with Crippen molar-refractivity contribution in [1.29, 1.82) is 0 Å². The lowest BCUT2D eigenvalue weighted by atomic mass is 9.64. The fourth-order valence-corrected chi connectivity index (χ4v) is 1.82. The molecule has 0 N–H and O–H groups in total. The van der Waals surface area contributed by atoms with Crippen LogP contribution in [0.15, 0.2) is 0 Å². The van der Waals surface area contributed by atoms with Gasteiger partial charge in [-0.1, -0.05) is 48.5 Å². The predicted octanol–water partition coefficient (Wildman–Crippen LogP) is 5.22. The van der Waals surface area contributed by atoms with E-state index in [9.17, 15) is 18.0 Å². The molecule has 0 saturated carbocycles. The number of ether oxygens (including phenoxy) is 1. The monoisotopic (exact) mass is 298 g/mol. The fraction of sp³-hybridized carbons (Fsp3) is 0.933. The number of rotatable bonds is 4. The third-order valence-corrected chi connectivity index (χ3v) is 3.29. The van der Waals surface area contributed by atoms with Crippen molar-refractivity contribution in [2.24, 2.45) is 16.7 Å². The summed E-state index contributed by atoms with van der Waals surface area (Å²) in [7, 11) is 0. The van der Waals surface area contributed by atoms with E-state index in [4.69, 9.17) is 0 Å². The Balaban J connectivity index is 0. The molecule has 0 spiro atoms. The van der Waals surface area contributed by atoms with Crippen LogP contribution >= 0.6 is 0 Å². The molecule has 0 amide bonds. The second-order valence-corrected chi connectivity index (χ2v) is 6.37. The maximum Gasteiger partial charge on any atom is 0.422 e. The first-order chi connectivity index (χ1) is 8.79. The van der Waals surface area contributed by atoms with Crippen LogP contribution in [0.3, 0.4) is 0 Å². The van der Waals surface area contributed by atoms with Crippen molar-refractivity contribution in [3.63, 3.8) is 0 Å². The molecule has 0 aromatic carbocycles. The normalized spacial score (nSPS) is 15.2.